The van der Waals surface area contributed by atoms with Crippen LogP contribution < -0.4 is 0 Å². The van der Waals surface area contributed by atoms with Crippen LogP contribution in [-0.4, -0.2) is 24.6 Å². The number of aryl methyl sites for hydroxylation is 1. The Morgan fingerprint density at radius 2 is 1.39 bits per heavy atom. The van der Waals surface area contributed by atoms with Gasteiger partial charge in [0.15, 0.2) is 0 Å². The highest BCUT2D eigenvalue weighted by Crippen LogP contribution is 2.43. The third-order valence-electron chi connectivity index (χ3n) is 6.47. The highest BCUT2D eigenvalue weighted by molar-refractivity contribution is 6.21. The first kappa shape index (κ1) is 21.4. The molecule has 0 fully saturated rings. The number of phenols is 1. The zero-order valence-electron chi connectivity index (χ0n) is 20.4. The Morgan fingerprint density at radius 1 is 0.788 bits per heavy atom. The SMILES string of the molecule is Cn1c(-c2cc(C(C)(C)C)cc(C(C)(C)C)c2O)nc2c3cccnc3c3ncccc3c21. The molecule has 0 spiro atoms. The number of benzene rings is 2. The lowest BCUT2D eigenvalue weighted by molar-refractivity contribution is 0.446. The molecule has 0 aliphatic rings. The predicted octanol–water partition coefficient (Wildman–Crippen LogP) is 6.64. The highest BCUT2D eigenvalue weighted by atomic mass is 16.3. The minimum absolute atomic E-state index is 0.0692. The molecule has 0 amide bonds. The summed E-state index contributed by atoms with van der Waals surface area (Å²) in [6.45, 7) is 13.0. The third-order valence-corrected chi connectivity index (χ3v) is 6.47. The lowest BCUT2D eigenvalue weighted by Crippen LogP contribution is -2.17. The molecule has 5 heteroatoms. The average molecular weight is 439 g/mol. The first-order valence-electron chi connectivity index (χ1n) is 11.3. The van der Waals surface area contributed by atoms with Crippen LogP contribution in [0.5, 0.6) is 5.75 Å². The van der Waals surface area contributed by atoms with Gasteiger partial charge in [-0.05, 0) is 46.7 Å². The number of phenolic OH excluding ortho intramolecular Hbond substituents is 1. The van der Waals surface area contributed by atoms with E-state index in [1.165, 1.54) is 5.56 Å². The molecule has 0 saturated carbocycles. The molecule has 0 atom stereocenters. The lowest BCUT2D eigenvalue weighted by atomic mass is 9.79. The Bertz CT molecular complexity index is 1550. The topological polar surface area (TPSA) is 63.8 Å². The molecule has 2 aromatic carbocycles. The Balaban J connectivity index is 1.94. The Kier molecular flexibility index (Phi) is 4.54. The fourth-order valence-electron chi connectivity index (χ4n) is 4.62. The van der Waals surface area contributed by atoms with E-state index in [1.54, 1.807) is 12.4 Å². The van der Waals surface area contributed by atoms with Crippen LogP contribution in [0.3, 0.4) is 0 Å². The molecule has 168 valence electrons. The quantitative estimate of drug-likeness (QED) is 0.298. The van der Waals surface area contributed by atoms with Crippen LogP contribution in [0.15, 0.2) is 48.8 Å². The van der Waals surface area contributed by atoms with Crippen LogP contribution in [0.2, 0.25) is 0 Å². The normalized spacial score (nSPS) is 12.8. The molecule has 0 aliphatic carbocycles. The maximum atomic E-state index is 11.5. The molecule has 5 rings (SSSR count). The van der Waals surface area contributed by atoms with Gasteiger partial charge in [-0.15, -0.1) is 0 Å². The molecule has 5 aromatic rings. The molecular weight excluding hydrogens is 408 g/mol. The van der Waals surface area contributed by atoms with Crippen LogP contribution in [0.4, 0.5) is 0 Å². The van der Waals surface area contributed by atoms with Gasteiger partial charge in [0.1, 0.15) is 11.6 Å². The highest BCUT2D eigenvalue weighted by Gasteiger charge is 2.28. The standard InChI is InChI=1S/C28H30N4O/c1-27(2,3)16-14-19(25(33)20(15-16)28(4,5)6)26-31-23-17-10-8-12-29-21(17)22-18(11-9-13-30-22)24(23)32(26)7/h8-15,33H,1-7H3. The molecule has 0 unspecified atom stereocenters. The van der Waals surface area contributed by atoms with Gasteiger partial charge in [-0.3, -0.25) is 9.97 Å². The van der Waals surface area contributed by atoms with E-state index in [9.17, 15) is 5.11 Å². The minimum atomic E-state index is -0.210. The number of aromatic hydroxyl groups is 1. The fourth-order valence-corrected chi connectivity index (χ4v) is 4.62. The maximum absolute atomic E-state index is 11.5. The number of fused-ring (bicyclic) bond motifs is 6. The molecule has 3 heterocycles. The van der Waals surface area contributed by atoms with E-state index < -0.39 is 0 Å². The van der Waals surface area contributed by atoms with E-state index in [2.05, 4.69) is 74.3 Å². The zero-order valence-corrected chi connectivity index (χ0v) is 20.4. The number of pyridine rings is 2. The van der Waals surface area contributed by atoms with Crippen LogP contribution in [0, 0.1) is 0 Å². The van der Waals surface area contributed by atoms with Gasteiger partial charge in [0.2, 0.25) is 0 Å². The number of hydrogen-bond donors (Lipinski definition) is 1. The Labute approximate surface area is 194 Å². The first-order valence-corrected chi connectivity index (χ1v) is 11.3. The third kappa shape index (κ3) is 3.26. The fraction of sp³-hybridized carbons (Fsp3) is 0.321. The van der Waals surface area contributed by atoms with Crippen LogP contribution in [-0.2, 0) is 17.9 Å². The maximum Gasteiger partial charge on any atom is 0.144 e. The van der Waals surface area contributed by atoms with Crippen molar-refractivity contribution in [1.82, 2.24) is 19.5 Å². The second-order valence-corrected chi connectivity index (χ2v) is 10.9. The second-order valence-electron chi connectivity index (χ2n) is 10.9. The van der Waals surface area contributed by atoms with Gasteiger partial charge in [0.05, 0.1) is 27.6 Å². The summed E-state index contributed by atoms with van der Waals surface area (Å²) >= 11 is 0. The summed E-state index contributed by atoms with van der Waals surface area (Å²) in [4.78, 5) is 14.4. The molecule has 33 heavy (non-hydrogen) atoms. The molecule has 1 N–H and O–H groups in total. The van der Waals surface area contributed by atoms with E-state index >= 15 is 0 Å². The first-order chi connectivity index (χ1) is 15.5. The van der Waals surface area contributed by atoms with Gasteiger partial charge in [-0.25, -0.2) is 4.98 Å². The molecule has 0 bridgehead atoms. The lowest BCUT2D eigenvalue weighted by Gasteiger charge is -2.27. The van der Waals surface area contributed by atoms with E-state index in [4.69, 9.17) is 4.98 Å². The Morgan fingerprint density at radius 3 is 2.00 bits per heavy atom. The van der Waals surface area contributed by atoms with Crippen LogP contribution >= 0.6 is 0 Å². The number of hydrogen-bond acceptors (Lipinski definition) is 4. The molecule has 0 aliphatic heterocycles. The van der Waals surface area contributed by atoms with Gasteiger partial charge in [-0.2, -0.15) is 0 Å². The van der Waals surface area contributed by atoms with E-state index in [1.807, 2.05) is 25.2 Å². The number of aromatic nitrogens is 4. The van der Waals surface area contributed by atoms with Crippen molar-refractivity contribution in [3.63, 3.8) is 0 Å². The molecular formula is C28H30N4O. The van der Waals surface area contributed by atoms with Gasteiger partial charge in [0.25, 0.3) is 0 Å². The van der Waals surface area contributed by atoms with Gasteiger partial charge < -0.3 is 9.67 Å². The van der Waals surface area contributed by atoms with Crippen molar-refractivity contribution in [1.29, 1.82) is 0 Å². The number of imidazole rings is 1. The average Bonchev–Trinajstić information content (AvgIpc) is 3.10. The van der Waals surface area contributed by atoms with Gasteiger partial charge in [-0.1, -0.05) is 47.6 Å². The molecule has 0 saturated heterocycles. The largest absolute Gasteiger partial charge is 0.507 e. The van der Waals surface area contributed by atoms with Crippen LogP contribution in [0.25, 0.3) is 44.2 Å². The van der Waals surface area contributed by atoms with Crippen molar-refractivity contribution in [2.45, 2.75) is 52.4 Å². The smallest absolute Gasteiger partial charge is 0.144 e. The van der Waals surface area contributed by atoms with E-state index in [0.29, 0.717) is 5.75 Å². The summed E-state index contributed by atoms with van der Waals surface area (Å²) in [5, 5.41) is 13.4. The summed E-state index contributed by atoms with van der Waals surface area (Å²) < 4.78 is 2.08. The van der Waals surface area contributed by atoms with Gasteiger partial charge in [0, 0.05) is 35.8 Å². The molecule has 0 radical (unpaired) electrons. The van der Waals surface area contributed by atoms with E-state index in [0.717, 1.165) is 49.8 Å². The second kappa shape index (κ2) is 7.01. The zero-order chi connectivity index (χ0) is 23.7. The molecule has 5 nitrogen and oxygen atoms in total. The van der Waals surface area contributed by atoms with Crippen molar-refractivity contribution in [2.24, 2.45) is 7.05 Å². The Hall–Kier alpha value is -3.47. The van der Waals surface area contributed by atoms with Crippen molar-refractivity contribution in [3.05, 3.63) is 59.9 Å². The van der Waals surface area contributed by atoms with Crippen molar-refractivity contribution < 1.29 is 5.11 Å². The van der Waals surface area contributed by atoms with Gasteiger partial charge >= 0.3 is 0 Å². The van der Waals surface area contributed by atoms with Crippen molar-refractivity contribution >= 4 is 32.8 Å². The number of rotatable bonds is 1. The summed E-state index contributed by atoms with van der Waals surface area (Å²) in [5.74, 6) is 1.03. The van der Waals surface area contributed by atoms with E-state index in [-0.39, 0.29) is 10.8 Å². The summed E-state index contributed by atoms with van der Waals surface area (Å²) in [6, 6.07) is 12.2. The monoisotopic (exact) mass is 438 g/mol. The van der Waals surface area contributed by atoms with Crippen molar-refractivity contribution in [2.75, 3.05) is 0 Å². The molecule has 3 aromatic heterocycles. The summed E-state index contributed by atoms with van der Waals surface area (Å²) in [6.07, 6.45) is 3.59. The number of nitrogens with zero attached hydrogens (tertiary/aromatic N) is 4. The summed E-state index contributed by atoms with van der Waals surface area (Å²) in [5.41, 5.74) is 6.13. The van der Waals surface area contributed by atoms with Crippen molar-refractivity contribution in [3.8, 4) is 17.1 Å². The predicted molar refractivity (Wildman–Crippen MR) is 136 cm³/mol. The van der Waals surface area contributed by atoms with Crippen LogP contribution in [0.1, 0.15) is 52.7 Å². The minimum Gasteiger partial charge on any atom is -0.507 e. The summed E-state index contributed by atoms with van der Waals surface area (Å²) in [7, 11) is 2.01.